The number of hydrogen-bond donors (Lipinski definition) is 3. The van der Waals surface area contributed by atoms with Crippen LogP contribution in [0.2, 0.25) is 0 Å². The Labute approximate surface area is 99.6 Å². The molecule has 0 aliphatic rings. The average molecular weight is 284 g/mol. The molecule has 16 heavy (non-hydrogen) atoms. The van der Waals surface area contributed by atoms with Crippen LogP contribution in [0.3, 0.4) is 0 Å². The molecule has 0 amide bonds. The van der Waals surface area contributed by atoms with Crippen LogP contribution in [0, 0.1) is 0 Å². The molecule has 0 saturated carbocycles. The molecule has 7 heteroatoms. The van der Waals surface area contributed by atoms with Gasteiger partial charge in [0, 0.05) is 25.4 Å². The number of nitrogens with one attached hydrogen (secondary N) is 3. The number of aromatic nitrogens is 4. The molecule has 3 N–H and O–H groups in total. The molecule has 0 fully saturated rings. The molecule has 84 valence electrons. The quantitative estimate of drug-likeness (QED) is 0.779. The molecular formula is C9H10BrN5O. The van der Waals surface area contributed by atoms with Gasteiger partial charge in [0.25, 0.3) is 5.56 Å². The first kappa shape index (κ1) is 10.9. The van der Waals surface area contributed by atoms with Crippen molar-refractivity contribution in [3.05, 3.63) is 39.2 Å². The number of hydrogen-bond acceptors (Lipinski definition) is 4. The van der Waals surface area contributed by atoms with Gasteiger partial charge in [0.1, 0.15) is 10.3 Å². The SMILES string of the molecule is O=c1[nH]ncc(NCCc2ncc[nH]2)c1Br. The third-order valence-corrected chi connectivity index (χ3v) is 2.81. The molecule has 0 aromatic carbocycles. The molecule has 0 aliphatic carbocycles. The van der Waals surface area contributed by atoms with Gasteiger partial charge in [0.15, 0.2) is 0 Å². The minimum atomic E-state index is -0.247. The second-order valence-electron chi connectivity index (χ2n) is 3.14. The predicted octanol–water partition coefficient (Wildman–Crippen LogP) is 0.910. The van der Waals surface area contributed by atoms with Crippen molar-refractivity contribution < 1.29 is 0 Å². The van der Waals surface area contributed by atoms with Crippen LogP contribution in [0.15, 0.2) is 27.9 Å². The van der Waals surface area contributed by atoms with Gasteiger partial charge in [0.05, 0.1) is 11.9 Å². The minimum absolute atomic E-state index is 0.247. The van der Waals surface area contributed by atoms with Gasteiger partial charge >= 0.3 is 0 Å². The lowest BCUT2D eigenvalue weighted by Crippen LogP contribution is -2.14. The molecule has 0 unspecified atom stereocenters. The van der Waals surface area contributed by atoms with E-state index in [2.05, 4.69) is 41.4 Å². The van der Waals surface area contributed by atoms with Crippen LogP contribution >= 0.6 is 15.9 Å². The maximum atomic E-state index is 11.2. The zero-order valence-corrected chi connectivity index (χ0v) is 9.91. The number of nitrogens with zero attached hydrogens (tertiary/aromatic N) is 2. The fourth-order valence-electron chi connectivity index (χ4n) is 1.26. The molecule has 0 bridgehead atoms. The lowest BCUT2D eigenvalue weighted by molar-refractivity contribution is 0.916. The zero-order chi connectivity index (χ0) is 11.4. The van der Waals surface area contributed by atoms with E-state index in [0.29, 0.717) is 16.7 Å². The van der Waals surface area contributed by atoms with Crippen molar-refractivity contribution >= 4 is 21.6 Å². The van der Waals surface area contributed by atoms with Crippen molar-refractivity contribution in [2.24, 2.45) is 0 Å². The van der Waals surface area contributed by atoms with E-state index < -0.39 is 0 Å². The van der Waals surface area contributed by atoms with E-state index in [1.54, 1.807) is 18.6 Å². The highest BCUT2D eigenvalue weighted by Gasteiger charge is 2.03. The number of anilines is 1. The summed E-state index contributed by atoms with van der Waals surface area (Å²) in [6.45, 7) is 0.678. The highest BCUT2D eigenvalue weighted by molar-refractivity contribution is 9.10. The Balaban J connectivity index is 1.95. The van der Waals surface area contributed by atoms with Crippen LogP contribution < -0.4 is 10.9 Å². The molecule has 2 aromatic heterocycles. The summed E-state index contributed by atoms with van der Waals surface area (Å²) in [7, 11) is 0. The Kier molecular flexibility index (Phi) is 3.35. The fraction of sp³-hybridized carbons (Fsp3) is 0.222. The molecular weight excluding hydrogens is 274 g/mol. The second-order valence-corrected chi connectivity index (χ2v) is 3.93. The topological polar surface area (TPSA) is 86.5 Å². The van der Waals surface area contributed by atoms with Gasteiger partial charge in [0.2, 0.25) is 0 Å². The number of H-pyrrole nitrogens is 2. The molecule has 2 aromatic rings. The normalized spacial score (nSPS) is 10.3. The standard InChI is InChI=1S/C9H10BrN5O/c10-8-6(5-14-15-9(8)16)11-2-1-7-12-3-4-13-7/h3-5H,1-2H2,(H,12,13)(H2,11,15,16). The Bertz CT molecular complexity index is 507. The van der Waals surface area contributed by atoms with Crippen LogP contribution in [0.4, 0.5) is 5.69 Å². The van der Waals surface area contributed by atoms with E-state index in [1.807, 2.05) is 0 Å². The van der Waals surface area contributed by atoms with E-state index in [4.69, 9.17) is 0 Å². The number of rotatable bonds is 4. The number of halogens is 1. The third-order valence-electron chi connectivity index (χ3n) is 2.03. The summed E-state index contributed by atoms with van der Waals surface area (Å²) in [6, 6.07) is 0. The van der Waals surface area contributed by atoms with Gasteiger partial charge in [-0.2, -0.15) is 5.10 Å². The molecule has 0 spiro atoms. The van der Waals surface area contributed by atoms with Crippen molar-refractivity contribution in [2.75, 3.05) is 11.9 Å². The van der Waals surface area contributed by atoms with Crippen molar-refractivity contribution in [3.8, 4) is 0 Å². The Morgan fingerprint density at radius 2 is 2.38 bits per heavy atom. The van der Waals surface area contributed by atoms with Crippen LogP contribution in [0.25, 0.3) is 0 Å². The maximum absolute atomic E-state index is 11.2. The van der Waals surface area contributed by atoms with E-state index in [0.717, 1.165) is 12.2 Å². The highest BCUT2D eigenvalue weighted by atomic mass is 79.9. The highest BCUT2D eigenvalue weighted by Crippen LogP contribution is 2.14. The van der Waals surface area contributed by atoms with E-state index in [-0.39, 0.29) is 5.56 Å². The van der Waals surface area contributed by atoms with Crippen molar-refractivity contribution in [2.45, 2.75) is 6.42 Å². The minimum Gasteiger partial charge on any atom is -0.382 e. The molecule has 2 heterocycles. The first-order valence-corrected chi connectivity index (χ1v) is 5.52. The van der Waals surface area contributed by atoms with Gasteiger partial charge in [-0.05, 0) is 15.9 Å². The molecule has 0 saturated heterocycles. The number of aromatic amines is 2. The summed E-state index contributed by atoms with van der Waals surface area (Å²) in [5.41, 5.74) is 0.429. The molecule has 0 radical (unpaired) electrons. The molecule has 0 atom stereocenters. The first-order valence-electron chi connectivity index (χ1n) is 4.72. The maximum Gasteiger partial charge on any atom is 0.280 e. The van der Waals surface area contributed by atoms with Crippen molar-refractivity contribution in [1.29, 1.82) is 0 Å². The van der Waals surface area contributed by atoms with E-state index >= 15 is 0 Å². The largest absolute Gasteiger partial charge is 0.382 e. The van der Waals surface area contributed by atoms with Gasteiger partial charge in [-0.1, -0.05) is 0 Å². The van der Waals surface area contributed by atoms with Gasteiger partial charge in [-0.3, -0.25) is 4.79 Å². The van der Waals surface area contributed by atoms with Crippen LogP contribution in [0.1, 0.15) is 5.82 Å². The van der Waals surface area contributed by atoms with Crippen molar-refractivity contribution in [1.82, 2.24) is 20.2 Å². The molecule has 0 aliphatic heterocycles. The summed E-state index contributed by atoms with van der Waals surface area (Å²) in [5.74, 6) is 0.904. The van der Waals surface area contributed by atoms with Gasteiger partial charge in [-0.25, -0.2) is 10.1 Å². The Morgan fingerprint density at radius 1 is 1.50 bits per heavy atom. The predicted molar refractivity (Wildman–Crippen MR) is 63.3 cm³/mol. The average Bonchev–Trinajstić information content (AvgIpc) is 2.77. The van der Waals surface area contributed by atoms with Crippen LogP contribution in [-0.4, -0.2) is 26.7 Å². The van der Waals surface area contributed by atoms with Crippen LogP contribution in [0.5, 0.6) is 0 Å². The summed E-state index contributed by atoms with van der Waals surface area (Å²) >= 11 is 3.19. The lowest BCUT2D eigenvalue weighted by atomic mass is 10.4. The Morgan fingerprint density at radius 3 is 3.12 bits per heavy atom. The van der Waals surface area contributed by atoms with Gasteiger partial charge in [-0.15, -0.1) is 0 Å². The van der Waals surface area contributed by atoms with E-state index in [9.17, 15) is 4.79 Å². The zero-order valence-electron chi connectivity index (χ0n) is 8.33. The monoisotopic (exact) mass is 283 g/mol. The third kappa shape index (κ3) is 2.48. The summed E-state index contributed by atoms with van der Waals surface area (Å²) in [4.78, 5) is 18.3. The molecule has 6 nitrogen and oxygen atoms in total. The summed E-state index contributed by atoms with van der Waals surface area (Å²) in [5, 5.41) is 9.14. The lowest BCUT2D eigenvalue weighted by Gasteiger charge is -2.05. The first-order chi connectivity index (χ1) is 7.77. The second kappa shape index (κ2) is 4.93. The molecule has 2 rings (SSSR count). The summed E-state index contributed by atoms with van der Waals surface area (Å²) in [6.07, 6.45) is 5.81. The van der Waals surface area contributed by atoms with E-state index in [1.165, 1.54) is 0 Å². The summed E-state index contributed by atoms with van der Waals surface area (Å²) < 4.78 is 0.460. The Hall–Kier alpha value is -1.63. The van der Waals surface area contributed by atoms with Gasteiger partial charge < -0.3 is 10.3 Å². The smallest absolute Gasteiger partial charge is 0.280 e. The van der Waals surface area contributed by atoms with Crippen LogP contribution in [-0.2, 0) is 6.42 Å². The number of imidazole rings is 1. The fourth-order valence-corrected chi connectivity index (χ4v) is 1.59. The van der Waals surface area contributed by atoms with Crippen molar-refractivity contribution in [3.63, 3.8) is 0 Å².